The number of aryl methyl sites for hydroxylation is 1. The molecule has 2 atom stereocenters. The summed E-state index contributed by atoms with van der Waals surface area (Å²) < 4.78 is 5.98. The lowest BCUT2D eigenvalue weighted by Gasteiger charge is -2.38. The van der Waals surface area contributed by atoms with E-state index < -0.39 is 0 Å². The van der Waals surface area contributed by atoms with Gasteiger partial charge in [0, 0.05) is 35.6 Å². The standard InChI is InChI=1S/C20H24N4O2S/c1-14-11-15(7-8-21-14)24-9-10-26-18-13-23(12-17(18)24)20(25)22-16-5-3-4-6-19(16)27-2/h3-8,11,17-18H,9-10,12-13H2,1-2H3,(H,22,25)/t17-,18-/m0/s1. The summed E-state index contributed by atoms with van der Waals surface area (Å²) in [4.78, 5) is 22.4. The maximum atomic E-state index is 12.8. The molecule has 1 N–H and O–H groups in total. The molecule has 0 spiro atoms. The van der Waals surface area contributed by atoms with Crippen molar-refractivity contribution >= 4 is 29.2 Å². The Bertz CT molecular complexity index is 831. The van der Waals surface area contributed by atoms with Crippen LogP contribution < -0.4 is 10.2 Å². The molecule has 7 heteroatoms. The molecule has 0 bridgehead atoms. The van der Waals surface area contributed by atoms with Crippen LogP contribution in [0, 0.1) is 6.92 Å². The molecule has 2 amide bonds. The number of thioether (sulfide) groups is 1. The van der Waals surface area contributed by atoms with Crippen molar-refractivity contribution in [1.82, 2.24) is 9.88 Å². The molecule has 3 heterocycles. The van der Waals surface area contributed by atoms with E-state index in [4.69, 9.17) is 4.74 Å². The van der Waals surface area contributed by atoms with Crippen molar-refractivity contribution in [3.63, 3.8) is 0 Å². The molecular formula is C20H24N4O2S. The van der Waals surface area contributed by atoms with Gasteiger partial charge in [-0.25, -0.2) is 4.79 Å². The van der Waals surface area contributed by atoms with Crippen LogP contribution in [0.1, 0.15) is 5.69 Å². The number of carbonyl (C=O) groups excluding carboxylic acids is 1. The number of fused-ring (bicyclic) bond motifs is 1. The molecule has 1 aromatic heterocycles. The van der Waals surface area contributed by atoms with Gasteiger partial charge < -0.3 is 19.9 Å². The lowest BCUT2D eigenvalue weighted by molar-refractivity contribution is 0.0322. The van der Waals surface area contributed by atoms with Crippen molar-refractivity contribution in [1.29, 1.82) is 0 Å². The largest absolute Gasteiger partial charge is 0.372 e. The molecular weight excluding hydrogens is 360 g/mol. The van der Waals surface area contributed by atoms with Crippen LogP contribution in [0.15, 0.2) is 47.5 Å². The van der Waals surface area contributed by atoms with E-state index in [0.717, 1.165) is 28.5 Å². The van der Waals surface area contributed by atoms with Gasteiger partial charge in [-0.05, 0) is 37.4 Å². The molecule has 2 fully saturated rings. The number of likely N-dealkylation sites (tertiary alicyclic amines) is 1. The highest BCUT2D eigenvalue weighted by Gasteiger charge is 2.42. The molecule has 1 aromatic carbocycles. The van der Waals surface area contributed by atoms with Gasteiger partial charge in [-0.2, -0.15) is 0 Å². The summed E-state index contributed by atoms with van der Waals surface area (Å²) in [5.41, 5.74) is 3.00. The van der Waals surface area contributed by atoms with E-state index >= 15 is 0 Å². The zero-order valence-electron chi connectivity index (χ0n) is 15.6. The lowest BCUT2D eigenvalue weighted by atomic mass is 10.1. The molecule has 0 aliphatic carbocycles. The van der Waals surface area contributed by atoms with Crippen LogP contribution in [-0.2, 0) is 4.74 Å². The molecule has 0 saturated carbocycles. The zero-order chi connectivity index (χ0) is 18.8. The van der Waals surface area contributed by atoms with Crippen LogP contribution in [0.3, 0.4) is 0 Å². The van der Waals surface area contributed by atoms with E-state index in [9.17, 15) is 4.79 Å². The van der Waals surface area contributed by atoms with Crippen LogP contribution in [0.5, 0.6) is 0 Å². The van der Waals surface area contributed by atoms with Gasteiger partial charge in [0.25, 0.3) is 0 Å². The Kier molecular flexibility index (Phi) is 5.22. The second kappa shape index (κ2) is 7.78. The number of anilines is 2. The topological polar surface area (TPSA) is 57.7 Å². The predicted octanol–water partition coefficient (Wildman–Crippen LogP) is 3.23. The first-order valence-electron chi connectivity index (χ1n) is 9.15. The molecule has 142 valence electrons. The summed E-state index contributed by atoms with van der Waals surface area (Å²) in [5.74, 6) is 0. The summed E-state index contributed by atoms with van der Waals surface area (Å²) >= 11 is 1.63. The Morgan fingerprint density at radius 1 is 1.30 bits per heavy atom. The number of pyridine rings is 1. The first-order chi connectivity index (χ1) is 13.2. The second-order valence-corrected chi connectivity index (χ2v) is 7.71. The number of aromatic nitrogens is 1. The SMILES string of the molecule is CSc1ccccc1NC(=O)N1C[C@@H]2OCCN(c3ccnc(C)c3)[C@H]2C1. The van der Waals surface area contributed by atoms with Gasteiger partial charge in [-0.15, -0.1) is 11.8 Å². The minimum Gasteiger partial charge on any atom is -0.372 e. The number of nitrogens with one attached hydrogen (secondary N) is 1. The van der Waals surface area contributed by atoms with Gasteiger partial charge in [-0.1, -0.05) is 12.1 Å². The number of hydrogen-bond donors (Lipinski definition) is 1. The number of carbonyl (C=O) groups is 1. The first kappa shape index (κ1) is 18.1. The van der Waals surface area contributed by atoms with Crippen molar-refractivity contribution in [3.8, 4) is 0 Å². The van der Waals surface area contributed by atoms with Gasteiger partial charge in [-0.3, -0.25) is 4.98 Å². The van der Waals surface area contributed by atoms with E-state index in [1.165, 1.54) is 0 Å². The fourth-order valence-electron chi connectivity index (χ4n) is 3.83. The number of amides is 2. The molecule has 27 heavy (non-hydrogen) atoms. The smallest absolute Gasteiger partial charge is 0.322 e. The van der Waals surface area contributed by atoms with Crippen molar-refractivity contribution in [2.75, 3.05) is 42.7 Å². The molecule has 2 saturated heterocycles. The Morgan fingerprint density at radius 2 is 2.15 bits per heavy atom. The van der Waals surface area contributed by atoms with Crippen molar-refractivity contribution < 1.29 is 9.53 Å². The highest BCUT2D eigenvalue weighted by Crippen LogP contribution is 2.29. The van der Waals surface area contributed by atoms with E-state index in [-0.39, 0.29) is 18.2 Å². The van der Waals surface area contributed by atoms with Crippen molar-refractivity contribution in [2.45, 2.75) is 24.0 Å². The Balaban J connectivity index is 1.48. The quantitative estimate of drug-likeness (QED) is 0.824. The van der Waals surface area contributed by atoms with Gasteiger partial charge >= 0.3 is 6.03 Å². The average molecular weight is 385 g/mol. The third-order valence-electron chi connectivity index (χ3n) is 5.15. The van der Waals surface area contributed by atoms with Gasteiger partial charge in [0.15, 0.2) is 0 Å². The summed E-state index contributed by atoms with van der Waals surface area (Å²) in [7, 11) is 0. The number of rotatable bonds is 3. The number of morpholine rings is 1. The zero-order valence-corrected chi connectivity index (χ0v) is 16.4. The summed E-state index contributed by atoms with van der Waals surface area (Å²) in [5, 5.41) is 3.06. The highest BCUT2D eigenvalue weighted by atomic mass is 32.2. The van der Waals surface area contributed by atoms with Crippen molar-refractivity contribution in [2.24, 2.45) is 0 Å². The summed E-state index contributed by atoms with van der Waals surface area (Å²) in [6.07, 6.45) is 3.89. The lowest BCUT2D eigenvalue weighted by Crippen LogP contribution is -2.51. The predicted molar refractivity (Wildman–Crippen MR) is 109 cm³/mol. The molecule has 2 aromatic rings. The maximum Gasteiger partial charge on any atom is 0.322 e. The normalized spacial score (nSPS) is 21.9. The third-order valence-corrected chi connectivity index (χ3v) is 5.94. The van der Waals surface area contributed by atoms with Gasteiger partial charge in [0.2, 0.25) is 0 Å². The van der Waals surface area contributed by atoms with Crippen molar-refractivity contribution in [3.05, 3.63) is 48.3 Å². The van der Waals surface area contributed by atoms with E-state index in [1.54, 1.807) is 11.8 Å². The van der Waals surface area contributed by atoms with E-state index in [0.29, 0.717) is 19.7 Å². The van der Waals surface area contributed by atoms with Crippen LogP contribution in [-0.4, -0.2) is 60.6 Å². The Hall–Kier alpha value is -2.25. The minimum absolute atomic E-state index is 0.0359. The first-order valence-corrected chi connectivity index (χ1v) is 10.4. The van der Waals surface area contributed by atoms with Crippen LogP contribution in [0.25, 0.3) is 0 Å². The third kappa shape index (κ3) is 3.75. The van der Waals surface area contributed by atoms with Crippen LogP contribution in [0.2, 0.25) is 0 Å². The Morgan fingerprint density at radius 3 is 2.96 bits per heavy atom. The van der Waals surface area contributed by atoms with Crippen LogP contribution in [0.4, 0.5) is 16.2 Å². The maximum absolute atomic E-state index is 12.8. The summed E-state index contributed by atoms with van der Waals surface area (Å²) in [6, 6.07) is 12.1. The Labute approximate surface area is 163 Å². The minimum atomic E-state index is -0.0691. The number of hydrogen-bond acceptors (Lipinski definition) is 5. The van der Waals surface area contributed by atoms with Gasteiger partial charge in [0.1, 0.15) is 0 Å². The molecule has 4 rings (SSSR count). The van der Waals surface area contributed by atoms with E-state index in [2.05, 4.69) is 21.3 Å². The fourth-order valence-corrected chi connectivity index (χ4v) is 4.38. The number of benzene rings is 1. The van der Waals surface area contributed by atoms with Gasteiger partial charge in [0.05, 0.1) is 31.0 Å². The number of para-hydroxylation sites is 1. The fraction of sp³-hybridized carbons (Fsp3) is 0.400. The molecule has 0 unspecified atom stereocenters. The number of nitrogens with zero attached hydrogens (tertiary/aromatic N) is 3. The molecule has 2 aliphatic rings. The number of urea groups is 1. The molecule has 0 radical (unpaired) electrons. The summed E-state index contributed by atoms with van der Waals surface area (Å²) in [6.45, 7) is 4.76. The monoisotopic (exact) mass is 384 g/mol. The van der Waals surface area contributed by atoms with Crippen LogP contribution >= 0.6 is 11.8 Å². The van der Waals surface area contributed by atoms with E-state index in [1.807, 2.05) is 54.6 Å². The molecule has 2 aliphatic heterocycles. The second-order valence-electron chi connectivity index (χ2n) is 6.86. The molecule has 6 nitrogen and oxygen atoms in total. The highest BCUT2D eigenvalue weighted by molar-refractivity contribution is 7.98. The number of ether oxygens (including phenoxy) is 1. The average Bonchev–Trinajstić information content (AvgIpc) is 3.13.